The smallest absolute Gasteiger partial charge is 0.0837 e. The number of fused-ring (bicyclic) bond motifs is 1. The molecule has 0 saturated heterocycles. The molecule has 0 atom stereocenters. The van der Waals surface area contributed by atoms with Crippen molar-refractivity contribution in [2.75, 3.05) is 0 Å². The van der Waals surface area contributed by atoms with Gasteiger partial charge in [-0.25, -0.2) is 4.52 Å². The molecule has 0 spiro atoms. The number of pyridine rings is 1. The molecule has 16 heavy (non-hydrogen) atoms. The molecule has 2 heterocycles. The molecule has 3 heteroatoms. The Morgan fingerprint density at radius 2 is 2.25 bits per heavy atom. The molecular weight excluding hydrogens is 198 g/mol. The van der Waals surface area contributed by atoms with Crippen LogP contribution in [0.5, 0.6) is 0 Å². The summed E-state index contributed by atoms with van der Waals surface area (Å²) in [6.45, 7) is 2.05. The Kier molecular flexibility index (Phi) is 1.81. The molecule has 2 aromatic heterocycles. The Labute approximate surface area is 94.3 Å². The molecule has 3 rings (SSSR count). The van der Waals surface area contributed by atoms with Gasteiger partial charge in [0.25, 0.3) is 0 Å². The van der Waals surface area contributed by atoms with Crippen LogP contribution >= 0.6 is 0 Å². The van der Waals surface area contributed by atoms with Crippen LogP contribution in [0.15, 0.2) is 24.5 Å². The van der Waals surface area contributed by atoms with Crippen molar-refractivity contribution in [2.45, 2.75) is 31.6 Å². The van der Waals surface area contributed by atoms with E-state index in [1.807, 2.05) is 23.8 Å². The maximum Gasteiger partial charge on any atom is 0.0837 e. The average molecular weight is 211 g/mol. The number of rotatable bonds is 1. The minimum absolute atomic E-state index is 0.242. The van der Waals surface area contributed by atoms with Gasteiger partial charge in [0.15, 0.2) is 0 Å². The van der Waals surface area contributed by atoms with E-state index >= 15 is 0 Å². The van der Waals surface area contributed by atoms with Crippen molar-refractivity contribution < 1.29 is 0 Å². The number of hydrogen-bond donors (Lipinski definition) is 0. The zero-order valence-corrected chi connectivity index (χ0v) is 9.27. The van der Waals surface area contributed by atoms with Gasteiger partial charge in [-0.05, 0) is 43.4 Å². The zero-order chi connectivity index (χ0) is 11.2. The molecule has 1 fully saturated rings. The summed E-state index contributed by atoms with van der Waals surface area (Å²) < 4.78 is 1.88. The van der Waals surface area contributed by atoms with Crippen LogP contribution in [-0.4, -0.2) is 9.61 Å². The van der Waals surface area contributed by atoms with Gasteiger partial charge in [-0.3, -0.25) is 0 Å². The van der Waals surface area contributed by atoms with Crippen LogP contribution in [0.1, 0.15) is 30.4 Å². The maximum atomic E-state index is 9.29. The fourth-order valence-electron chi connectivity index (χ4n) is 2.39. The highest BCUT2D eigenvalue weighted by atomic mass is 15.2. The van der Waals surface area contributed by atoms with Gasteiger partial charge >= 0.3 is 0 Å². The SMILES string of the molecule is Cc1cnn2cc(C3(C#N)CCC3)ccc12. The van der Waals surface area contributed by atoms with Gasteiger partial charge in [0.2, 0.25) is 0 Å². The Morgan fingerprint density at radius 1 is 1.44 bits per heavy atom. The van der Waals surface area contributed by atoms with Crippen LogP contribution in [0.25, 0.3) is 5.52 Å². The molecule has 0 bridgehead atoms. The van der Waals surface area contributed by atoms with Crippen LogP contribution in [0.2, 0.25) is 0 Å². The first-order chi connectivity index (χ1) is 7.75. The van der Waals surface area contributed by atoms with E-state index in [1.165, 1.54) is 5.56 Å². The van der Waals surface area contributed by atoms with Crippen LogP contribution in [-0.2, 0) is 5.41 Å². The molecule has 0 radical (unpaired) electrons. The monoisotopic (exact) mass is 211 g/mol. The van der Waals surface area contributed by atoms with E-state index in [1.54, 1.807) is 0 Å². The summed E-state index contributed by atoms with van der Waals surface area (Å²) >= 11 is 0. The highest BCUT2D eigenvalue weighted by molar-refractivity contribution is 5.54. The van der Waals surface area contributed by atoms with Gasteiger partial charge in [0, 0.05) is 6.20 Å². The molecular formula is C13H13N3. The molecule has 80 valence electrons. The lowest BCUT2D eigenvalue weighted by Crippen LogP contribution is -2.32. The Morgan fingerprint density at radius 3 is 2.88 bits per heavy atom. The molecule has 1 aliphatic carbocycles. The van der Waals surface area contributed by atoms with Gasteiger partial charge in [0.05, 0.1) is 23.2 Å². The average Bonchev–Trinajstić information content (AvgIpc) is 2.60. The Balaban J connectivity index is 2.16. The van der Waals surface area contributed by atoms with Crippen LogP contribution < -0.4 is 0 Å². The molecule has 0 amide bonds. The second kappa shape index (κ2) is 3.08. The topological polar surface area (TPSA) is 41.1 Å². The Hall–Kier alpha value is -1.82. The third-order valence-corrected chi connectivity index (χ3v) is 3.68. The highest BCUT2D eigenvalue weighted by Crippen LogP contribution is 2.43. The number of aryl methyl sites for hydroxylation is 1. The quantitative estimate of drug-likeness (QED) is 0.727. The first kappa shape index (κ1) is 9.41. The molecule has 0 aromatic carbocycles. The minimum atomic E-state index is -0.242. The third kappa shape index (κ3) is 1.10. The van der Waals surface area contributed by atoms with Crippen molar-refractivity contribution in [1.82, 2.24) is 9.61 Å². The fraction of sp³-hybridized carbons (Fsp3) is 0.385. The summed E-state index contributed by atoms with van der Waals surface area (Å²) in [7, 11) is 0. The molecule has 1 aliphatic rings. The van der Waals surface area contributed by atoms with Gasteiger partial charge in [-0.15, -0.1) is 0 Å². The van der Waals surface area contributed by atoms with Crippen molar-refractivity contribution in [3.63, 3.8) is 0 Å². The lowest BCUT2D eigenvalue weighted by molar-refractivity contribution is 0.323. The van der Waals surface area contributed by atoms with Gasteiger partial charge in [-0.2, -0.15) is 10.4 Å². The summed E-state index contributed by atoms with van der Waals surface area (Å²) in [6.07, 6.45) is 6.98. The standard InChI is InChI=1S/C13H13N3/c1-10-7-15-16-8-11(3-4-12(10)16)13(9-14)5-2-6-13/h3-4,7-8H,2,5-6H2,1H3. The maximum absolute atomic E-state index is 9.29. The normalized spacial score (nSPS) is 18.0. The van der Waals surface area contributed by atoms with Crippen molar-refractivity contribution >= 4 is 5.52 Å². The molecule has 2 aromatic rings. The predicted molar refractivity (Wildman–Crippen MR) is 61.1 cm³/mol. The number of nitrogens with zero attached hydrogens (tertiary/aromatic N) is 3. The minimum Gasteiger partial charge on any atom is -0.240 e. The first-order valence-corrected chi connectivity index (χ1v) is 5.61. The highest BCUT2D eigenvalue weighted by Gasteiger charge is 2.39. The molecule has 0 aliphatic heterocycles. The first-order valence-electron chi connectivity index (χ1n) is 5.61. The van der Waals surface area contributed by atoms with Crippen LogP contribution in [0.3, 0.4) is 0 Å². The van der Waals surface area contributed by atoms with Gasteiger partial charge < -0.3 is 0 Å². The number of hydrogen-bond acceptors (Lipinski definition) is 2. The Bertz CT molecular complexity index is 585. The van der Waals surface area contributed by atoms with E-state index in [0.29, 0.717) is 0 Å². The predicted octanol–water partition coefficient (Wildman–Crippen LogP) is 2.59. The zero-order valence-electron chi connectivity index (χ0n) is 9.27. The van der Waals surface area contributed by atoms with E-state index in [0.717, 1.165) is 30.3 Å². The van der Waals surface area contributed by atoms with Gasteiger partial charge in [0.1, 0.15) is 0 Å². The van der Waals surface area contributed by atoms with Crippen LogP contribution in [0.4, 0.5) is 0 Å². The number of nitriles is 1. The second-order valence-electron chi connectivity index (χ2n) is 4.62. The van der Waals surface area contributed by atoms with E-state index in [-0.39, 0.29) is 5.41 Å². The summed E-state index contributed by atoms with van der Waals surface area (Å²) in [4.78, 5) is 0. The van der Waals surface area contributed by atoms with Crippen LogP contribution in [0, 0.1) is 18.3 Å². The summed E-state index contributed by atoms with van der Waals surface area (Å²) in [5, 5.41) is 13.6. The lowest BCUT2D eigenvalue weighted by Gasteiger charge is -2.35. The van der Waals surface area contributed by atoms with Crippen molar-refractivity contribution in [1.29, 1.82) is 5.26 Å². The van der Waals surface area contributed by atoms with Crippen molar-refractivity contribution in [3.05, 3.63) is 35.7 Å². The molecule has 3 nitrogen and oxygen atoms in total. The second-order valence-corrected chi connectivity index (χ2v) is 4.62. The van der Waals surface area contributed by atoms with E-state index in [2.05, 4.69) is 23.3 Å². The van der Waals surface area contributed by atoms with E-state index in [9.17, 15) is 5.26 Å². The summed E-state index contributed by atoms with van der Waals surface area (Å²) in [6, 6.07) is 6.60. The van der Waals surface area contributed by atoms with Gasteiger partial charge in [-0.1, -0.05) is 6.07 Å². The van der Waals surface area contributed by atoms with Crippen molar-refractivity contribution in [2.24, 2.45) is 0 Å². The largest absolute Gasteiger partial charge is 0.240 e. The number of aromatic nitrogens is 2. The molecule has 0 N–H and O–H groups in total. The summed E-state index contributed by atoms with van der Waals surface area (Å²) in [5.41, 5.74) is 3.16. The van der Waals surface area contributed by atoms with E-state index in [4.69, 9.17) is 0 Å². The summed E-state index contributed by atoms with van der Waals surface area (Å²) in [5.74, 6) is 0. The fourth-order valence-corrected chi connectivity index (χ4v) is 2.39. The third-order valence-electron chi connectivity index (χ3n) is 3.68. The molecule has 1 saturated carbocycles. The van der Waals surface area contributed by atoms with E-state index < -0.39 is 0 Å². The van der Waals surface area contributed by atoms with Crippen molar-refractivity contribution in [3.8, 4) is 6.07 Å². The lowest BCUT2D eigenvalue weighted by atomic mass is 9.66. The molecule has 0 unspecified atom stereocenters.